The molecule has 1 fully saturated rings. The van der Waals surface area contributed by atoms with Crippen LogP contribution in [0.4, 0.5) is 11.4 Å². The Morgan fingerprint density at radius 1 is 1.10 bits per heavy atom. The zero-order valence-electron chi connectivity index (χ0n) is 18.0. The van der Waals surface area contributed by atoms with E-state index in [2.05, 4.69) is 10.2 Å². The first-order valence-electron chi connectivity index (χ1n) is 10.5. The van der Waals surface area contributed by atoms with Crippen LogP contribution in [0.25, 0.3) is 0 Å². The maximum absolute atomic E-state index is 12.6. The molecule has 6 nitrogen and oxygen atoms in total. The van der Waals surface area contributed by atoms with Crippen molar-refractivity contribution in [1.82, 2.24) is 0 Å². The molecule has 0 spiro atoms. The summed E-state index contributed by atoms with van der Waals surface area (Å²) in [6.45, 7) is 7.87. The van der Waals surface area contributed by atoms with Gasteiger partial charge in [0.2, 0.25) is 5.91 Å². The number of morpholine rings is 1. The lowest BCUT2D eigenvalue weighted by atomic mass is 10.2. The van der Waals surface area contributed by atoms with E-state index in [1.165, 1.54) is 0 Å². The van der Waals surface area contributed by atoms with E-state index >= 15 is 0 Å². The number of carbonyl (C=O) groups is 1. The quantitative estimate of drug-likeness (QED) is 0.494. The van der Waals surface area contributed by atoms with Crippen molar-refractivity contribution in [3.05, 3.63) is 41.4 Å². The zero-order valence-corrected chi connectivity index (χ0v) is 19.6. The minimum Gasteiger partial charge on any atom is -0.492 e. The average Bonchev–Trinajstić information content (AvgIpc) is 2.77. The molecule has 0 atom stereocenters. The number of hydrogen-bond donors (Lipinski definition) is 1. The van der Waals surface area contributed by atoms with Crippen LogP contribution < -0.4 is 19.7 Å². The summed E-state index contributed by atoms with van der Waals surface area (Å²) in [4.78, 5) is 15.9. The highest BCUT2D eigenvalue weighted by atomic mass is 35.5. The number of anilines is 2. The third-order valence-electron chi connectivity index (χ3n) is 4.70. The van der Waals surface area contributed by atoms with Gasteiger partial charge in [0.1, 0.15) is 11.5 Å². The van der Waals surface area contributed by atoms with Gasteiger partial charge in [0.15, 0.2) is 0 Å². The number of nitrogens with one attached hydrogen (secondary N) is 1. The van der Waals surface area contributed by atoms with Crippen LogP contribution in [-0.2, 0) is 9.53 Å². The van der Waals surface area contributed by atoms with Crippen LogP contribution in [0.1, 0.15) is 20.3 Å². The van der Waals surface area contributed by atoms with Gasteiger partial charge in [-0.1, -0.05) is 11.6 Å². The van der Waals surface area contributed by atoms with E-state index in [1.807, 2.05) is 50.2 Å². The van der Waals surface area contributed by atoms with Crippen molar-refractivity contribution in [2.45, 2.75) is 25.2 Å². The molecule has 168 valence electrons. The zero-order chi connectivity index (χ0) is 22.1. The second kappa shape index (κ2) is 12.1. The second-order valence-electron chi connectivity index (χ2n) is 6.88. The molecule has 0 saturated carbocycles. The Kier molecular flexibility index (Phi) is 9.18. The molecule has 0 radical (unpaired) electrons. The summed E-state index contributed by atoms with van der Waals surface area (Å²) in [6, 6.07) is 11.4. The van der Waals surface area contributed by atoms with Crippen LogP contribution in [0.3, 0.4) is 0 Å². The first-order chi connectivity index (χ1) is 15.1. The number of amides is 1. The Hall–Kier alpha value is -2.09. The molecule has 0 aliphatic carbocycles. The first-order valence-corrected chi connectivity index (χ1v) is 11.9. The largest absolute Gasteiger partial charge is 0.492 e. The lowest BCUT2D eigenvalue weighted by Crippen LogP contribution is -2.36. The number of hydrogen-bond acceptors (Lipinski definition) is 6. The summed E-state index contributed by atoms with van der Waals surface area (Å²) >= 11 is 7.54. The molecule has 31 heavy (non-hydrogen) atoms. The standard InChI is InChI=1S/C23H29ClN2O4S/c1-3-29-21-16-20(26-10-12-28-13-11-26)22(30-4-2)15-19(21)25-23(27)9-14-31-18-7-5-17(24)6-8-18/h5-8,15-16H,3-4,9-14H2,1-2H3,(H,25,27). The van der Waals surface area contributed by atoms with Crippen LogP contribution in [0.2, 0.25) is 5.02 Å². The average molecular weight is 465 g/mol. The van der Waals surface area contributed by atoms with E-state index in [4.69, 9.17) is 25.8 Å². The van der Waals surface area contributed by atoms with Gasteiger partial charge in [-0.05, 0) is 38.1 Å². The molecule has 2 aromatic rings. The topological polar surface area (TPSA) is 60.0 Å². The lowest BCUT2D eigenvalue weighted by Gasteiger charge is -2.31. The van der Waals surface area contributed by atoms with Crippen LogP contribution in [0.5, 0.6) is 11.5 Å². The van der Waals surface area contributed by atoms with E-state index in [-0.39, 0.29) is 5.91 Å². The van der Waals surface area contributed by atoms with Crippen LogP contribution in [-0.4, -0.2) is 51.2 Å². The van der Waals surface area contributed by atoms with Crippen molar-refractivity contribution < 1.29 is 19.0 Å². The summed E-state index contributed by atoms with van der Waals surface area (Å²) in [5, 5.41) is 3.70. The van der Waals surface area contributed by atoms with E-state index in [0.717, 1.165) is 29.4 Å². The molecule has 3 rings (SSSR count). The molecule has 0 unspecified atom stereocenters. The Balaban J connectivity index is 1.69. The number of carbonyl (C=O) groups excluding carboxylic acids is 1. The molecule has 1 saturated heterocycles. The Morgan fingerprint density at radius 2 is 1.77 bits per heavy atom. The summed E-state index contributed by atoms with van der Waals surface area (Å²) < 4.78 is 17.2. The van der Waals surface area contributed by atoms with E-state index in [9.17, 15) is 4.79 Å². The molecular formula is C23H29ClN2O4S. The summed E-state index contributed by atoms with van der Waals surface area (Å²) in [5.41, 5.74) is 1.59. The molecule has 1 N–H and O–H groups in total. The molecule has 8 heteroatoms. The van der Waals surface area contributed by atoms with E-state index in [0.29, 0.717) is 55.1 Å². The fraction of sp³-hybridized carbons (Fsp3) is 0.435. The summed E-state index contributed by atoms with van der Waals surface area (Å²) in [7, 11) is 0. The predicted molar refractivity (Wildman–Crippen MR) is 127 cm³/mol. The maximum Gasteiger partial charge on any atom is 0.225 e. The number of rotatable bonds is 10. The highest BCUT2D eigenvalue weighted by molar-refractivity contribution is 7.99. The third-order valence-corrected chi connectivity index (χ3v) is 5.96. The molecule has 2 aromatic carbocycles. The van der Waals surface area contributed by atoms with Gasteiger partial charge in [-0.25, -0.2) is 0 Å². The van der Waals surface area contributed by atoms with E-state index in [1.54, 1.807) is 11.8 Å². The van der Waals surface area contributed by atoms with Crippen molar-refractivity contribution in [3.8, 4) is 11.5 Å². The van der Waals surface area contributed by atoms with Gasteiger partial charge in [-0.3, -0.25) is 4.79 Å². The van der Waals surface area contributed by atoms with Crippen molar-refractivity contribution in [1.29, 1.82) is 0 Å². The minimum atomic E-state index is -0.0658. The number of halogens is 1. The van der Waals surface area contributed by atoms with Gasteiger partial charge in [0.25, 0.3) is 0 Å². The predicted octanol–water partition coefficient (Wildman–Crippen LogP) is 5.09. The minimum absolute atomic E-state index is 0.0658. The van der Waals surface area contributed by atoms with Gasteiger partial charge in [-0.2, -0.15) is 0 Å². The fourth-order valence-corrected chi connectivity index (χ4v) is 4.23. The number of thioether (sulfide) groups is 1. The van der Waals surface area contributed by atoms with Gasteiger partial charge >= 0.3 is 0 Å². The second-order valence-corrected chi connectivity index (χ2v) is 8.49. The normalized spacial score (nSPS) is 13.7. The van der Waals surface area contributed by atoms with E-state index < -0.39 is 0 Å². The number of ether oxygens (including phenoxy) is 3. The molecule has 1 heterocycles. The molecule has 1 aliphatic rings. The SMILES string of the molecule is CCOc1cc(N2CCOCC2)c(OCC)cc1NC(=O)CCSc1ccc(Cl)cc1. The molecule has 1 amide bonds. The van der Waals surface area contributed by atoms with Crippen molar-refractivity contribution in [2.75, 3.05) is 55.5 Å². The monoisotopic (exact) mass is 464 g/mol. The molecule has 1 aliphatic heterocycles. The van der Waals surface area contributed by atoms with Crippen LogP contribution in [0.15, 0.2) is 41.3 Å². The van der Waals surface area contributed by atoms with Gasteiger partial charge in [0.05, 0.1) is 37.8 Å². The van der Waals surface area contributed by atoms with Gasteiger partial charge in [0, 0.05) is 47.3 Å². The molecular weight excluding hydrogens is 436 g/mol. The maximum atomic E-state index is 12.6. The number of benzene rings is 2. The van der Waals surface area contributed by atoms with Gasteiger partial charge < -0.3 is 24.4 Å². The summed E-state index contributed by atoms with van der Waals surface area (Å²) in [5.74, 6) is 1.98. The van der Waals surface area contributed by atoms with Crippen LogP contribution >= 0.6 is 23.4 Å². The van der Waals surface area contributed by atoms with Crippen LogP contribution in [0, 0.1) is 0 Å². The molecule has 0 aromatic heterocycles. The van der Waals surface area contributed by atoms with Crippen molar-refractivity contribution in [2.24, 2.45) is 0 Å². The third kappa shape index (κ3) is 6.95. The Labute approximate surface area is 193 Å². The Morgan fingerprint density at radius 3 is 2.45 bits per heavy atom. The number of nitrogens with zero attached hydrogens (tertiary/aromatic N) is 1. The van der Waals surface area contributed by atoms with Crippen molar-refractivity contribution in [3.63, 3.8) is 0 Å². The van der Waals surface area contributed by atoms with Crippen molar-refractivity contribution >= 4 is 40.6 Å². The summed E-state index contributed by atoms with van der Waals surface area (Å²) in [6.07, 6.45) is 0.383. The highest BCUT2D eigenvalue weighted by Crippen LogP contribution is 2.39. The highest BCUT2D eigenvalue weighted by Gasteiger charge is 2.20. The van der Waals surface area contributed by atoms with Gasteiger partial charge in [-0.15, -0.1) is 11.8 Å². The fourth-order valence-electron chi connectivity index (χ4n) is 3.25. The molecule has 0 bridgehead atoms. The smallest absolute Gasteiger partial charge is 0.225 e. The lowest BCUT2D eigenvalue weighted by molar-refractivity contribution is -0.115. The first kappa shape index (κ1) is 23.6. The Bertz CT molecular complexity index is 857.